The zero-order valence-corrected chi connectivity index (χ0v) is 20.8. The first-order valence-corrected chi connectivity index (χ1v) is 12.5. The van der Waals surface area contributed by atoms with E-state index in [9.17, 15) is 9.59 Å². The van der Waals surface area contributed by atoms with Crippen molar-refractivity contribution in [3.05, 3.63) is 35.2 Å². The summed E-state index contributed by atoms with van der Waals surface area (Å²) in [6.45, 7) is 7.48. The molecule has 1 fully saturated rings. The van der Waals surface area contributed by atoms with Crippen molar-refractivity contribution < 1.29 is 19.1 Å². The Labute approximate surface area is 204 Å². The van der Waals surface area contributed by atoms with Gasteiger partial charge < -0.3 is 25.1 Å². The van der Waals surface area contributed by atoms with Crippen LogP contribution in [0, 0.1) is 0 Å². The van der Waals surface area contributed by atoms with Crippen LogP contribution in [-0.2, 0) is 14.3 Å². The average Bonchev–Trinajstić information content (AvgIpc) is 3.30. The maximum absolute atomic E-state index is 12.3. The fraction of sp³-hybridized carbons (Fsp3) is 0.500. The van der Waals surface area contributed by atoms with Gasteiger partial charge in [-0.3, -0.25) is 4.79 Å². The third-order valence-electron chi connectivity index (χ3n) is 5.82. The van der Waals surface area contributed by atoms with Crippen molar-refractivity contribution in [3.8, 4) is 11.3 Å². The second kappa shape index (κ2) is 12.4. The second-order valence-electron chi connectivity index (χ2n) is 8.08. The molecular formula is C24H33N5O4S. The number of nitrogens with two attached hydrogens (primary N) is 1. The molecule has 2 unspecified atom stereocenters. The molecule has 0 spiro atoms. The highest BCUT2D eigenvalue weighted by atomic mass is 32.1. The van der Waals surface area contributed by atoms with Crippen molar-refractivity contribution in [1.29, 1.82) is 0 Å². The van der Waals surface area contributed by atoms with Crippen molar-refractivity contribution in [3.63, 3.8) is 0 Å². The molecule has 1 amide bonds. The number of aromatic nitrogens is 1. The summed E-state index contributed by atoms with van der Waals surface area (Å²) in [6.07, 6.45) is 3.14. The van der Waals surface area contributed by atoms with Crippen LogP contribution in [0.25, 0.3) is 11.3 Å². The number of amides is 1. The molecule has 0 aliphatic carbocycles. The van der Waals surface area contributed by atoms with E-state index in [2.05, 4.69) is 10.0 Å². The van der Waals surface area contributed by atoms with Crippen LogP contribution in [-0.4, -0.2) is 66.5 Å². The van der Waals surface area contributed by atoms with Gasteiger partial charge in [-0.05, 0) is 39.2 Å². The summed E-state index contributed by atoms with van der Waals surface area (Å²) in [5.41, 5.74) is 2.78. The zero-order chi connectivity index (χ0) is 24.5. The number of esters is 1. The van der Waals surface area contributed by atoms with Gasteiger partial charge in [-0.25, -0.2) is 9.78 Å². The number of hydrogen-bond acceptors (Lipinski definition) is 9. The number of nitrogens with zero attached hydrogens (tertiary/aromatic N) is 4. The highest BCUT2D eigenvalue weighted by Gasteiger charge is 2.33. The van der Waals surface area contributed by atoms with Crippen LogP contribution in [0.15, 0.2) is 34.7 Å². The van der Waals surface area contributed by atoms with Crippen molar-refractivity contribution in [2.24, 2.45) is 10.9 Å². The number of thiazole rings is 1. The van der Waals surface area contributed by atoms with E-state index in [1.165, 1.54) is 0 Å². The number of anilines is 1. The van der Waals surface area contributed by atoms with Crippen LogP contribution in [0.3, 0.4) is 0 Å². The molecule has 1 aromatic carbocycles. The second-order valence-corrected chi connectivity index (χ2v) is 8.92. The molecule has 9 nitrogen and oxygen atoms in total. The fourth-order valence-electron chi connectivity index (χ4n) is 4.14. The van der Waals surface area contributed by atoms with Gasteiger partial charge >= 0.3 is 12.1 Å². The van der Waals surface area contributed by atoms with Crippen molar-refractivity contribution in [2.45, 2.75) is 52.1 Å². The van der Waals surface area contributed by atoms with Gasteiger partial charge in [-0.15, -0.1) is 11.3 Å². The van der Waals surface area contributed by atoms with Crippen LogP contribution < -0.4 is 10.7 Å². The monoisotopic (exact) mass is 487 g/mol. The van der Waals surface area contributed by atoms with Crippen LogP contribution in [0.2, 0.25) is 0 Å². The molecule has 1 aromatic heterocycles. The van der Waals surface area contributed by atoms with E-state index in [0.29, 0.717) is 26.3 Å². The number of hydrogen-bond donors (Lipinski definition) is 1. The summed E-state index contributed by atoms with van der Waals surface area (Å²) in [4.78, 5) is 33.2. The first kappa shape index (κ1) is 25.5. The van der Waals surface area contributed by atoms with Gasteiger partial charge in [-0.1, -0.05) is 24.3 Å². The Bertz CT molecular complexity index is 978. The van der Waals surface area contributed by atoms with Gasteiger partial charge in [0.15, 0.2) is 5.13 Å². The number of piperidine rings is 1. The van der Waals surface area contributed by atoms with Crippen LogP contribution >= 0.6 is 11.3 Å². The summed E-state index contributed by atoms with van der Waals surface area (Å²) in [5.74, 6) is 5.00. The predicted molar refractivity (Wildman–Crippen MR) is 134 cm³/mol. The molecule has 1 aliphatic heterocycles. The van der Waals surface area contributed by atoms with E-state index in [-0.39, 0.29) is 30.6 Å². The Balaban J connectivity index is 1.78. The van der Waals surface area contributed by atoms with Gasteiger partial charge in [0.2, 0.25) is 0 Å². The molecule has 2 heterocycles. The molecule has 0 bridgehead atoms. The number of benzene rings is 1. The lowest BCUT2D eigenvalue weighted by molar-refractivity contribution is -0.142. The Hall–Kier alpha value is -3.14. The van der Waals surface area contributed by atoms with E-state index in [4.69, 9.17) is 20.3 Å². The van der Waals surface area contributed by atoms with E-state index < -0.39 is 0 Å². The molecule has 10 heteroatoms. The molecular weight excluding hydrogens is 454 g/mol. The fourth-order valence-corrected chi connectivity index (χ4v) is 5.07. The standard InChI is InChI=1S/C24H33N5O4S/c1-4-32-22(30)11-13-29(20-10-12-28(17(3)14-20)24(31)33-5-2)23-27-21(16-34-23)19-8-6-18(7-9-19)15-26-25/h6-9,15-17,20H,4-5,10-14,25H2,1-3H3. The Kier molecular flexibility index (Phi) is 9.26. The smallest absolute Gasteiger partial charge is 0.409 e. The molecule has 34 heavy (non-hydrogen) atoms. The Morgan fingerprint density at radius 2 is 2.00 bits per heavy atom. The minimum atomic E-state index is -0.272. The normalized spacial score (nSPS) is 18.1. The topological polar surface area (TPSA) is 110 Å². The number of carbonyl (C=O) groups is 2. The number of likely N-dealkylation sites (tertiary alicyclic amines) is 1. The highest BCUT2D eigenvalue weighted by Crippen LogP contribution is 2.32. The quantitative estimate of drug-likeness (QED) is 0.247. The number of ether oxygens (including phenoxy) is 2. The van der Waals surface area contributed by atoms with Crippen molar-refractivity contribution in [2.75, 3.05) is 31.2 Å². The van der Waals surface area contributed by atoms with E-state index >= 15 is 0 Å². The minimum absolute atomic E-state index is 0.0269. The number of hydrazone groups is 1. The SMILES string of the molecule is CCOC(=O)CCN(c1nc(-c2ccc(C=NN)cc2)cs1)C1CCN(C(=O)OCC)C(C)C1. The molecule has 2 N–H and O–H groups in total. The van der Waals surface area contributed by atoms with Crippen LogP contribution in [0.4, 0.5) is 9.93 Å². The summed E-state index contributed by atoms with van der Waals surface area (Å²) >= 11 is 1.55. The lowest BCUT2D eigenvalue weighted by atomic mass is 9.97. The lowest BCUT2D eigenvalue weighted by Crippen LogP contribution is -2.51. The van der Waals surface area contributed by atoms with E-state index in [1.54, 1.807) is 29.4 Å². The molecule has 2 aromatic rings. The summed E-state index contributed by atoms with van der Waals surface area (Å²) in [6, 6.07) is 8.03. The Morgan fingerprint density at radius 3 is 2.65 bits per heavy atom. The van der Waals surface area contributed by atoms with E-state index in [0.717, 1.165) is 34.8 Å². The lowest BCUT2D eigenvalue weighted by Gasteiger charge is -2.41. The molecule has 1 saturated heterocycles. The Morgan fingerprint density at radius 1 is 1.26 bits per heavy atom. The third-order valence-corrected chi connectivity index (χ3v) is 6.70. The molecule has 184 valence electrons. The van der Waals surface area contributed by atoms with Gasteiger partial charge in [-0.2, -0.15) is 5.10 Å². The molecule has 3 rings (SSSR count). The number of rotatable bonds is 9. The van der Waals surface area contributed by atoms with Gasteiger partial charge in [0.25, 0.3) is 0 Å². The van der Waals surface area contributed by atoms with Crippen LogP contribution in [0.5, 0.6) is 0 Å². The summed E-state index contributed by atoms with van der Waals surface area (Å²) < 4.78 is 10.3. The van der Waals surface area contributed by atoms with Crippen molar-refractivity contribution in [1.82, 2.24) is 9.88 Å². The zero-order valence-electron chi connectivity index (χ0n) is 20.0. The molecule has 2 atom stereocenters. The molecule has 0 radical (unpaired) electrons. The van der Waals surface area contributed by atoms with Gasteiger partial charge in [0.05, 0.1) is 31.5 Å². The highest BCUT2D eigenvalue weighted by molar-refractivity contribution is 7.14. The first-order valence-electron chi connectivity index (χ1n) is 11.6. The van der Waals surface area contributed by atoms with Gasteiger partial charge in [0.1, 0.15) is 0 Å². The number of carbonyl (C=O) groups excluding carboxylic acids is 2. The molecule has 0 saturated carbocycles. The minimum Gasteiger partial charge on any atom is -0.466 e. The third kappa shape index (κ3) is 6.47. The van der Waals surface area contributed by atoms with Crippen LogP contribution in [0.1, 0.15) is 45.6 Å². The largest absolute Gasteiger partial charge is 0.466 e. The van der Waals surface area contributed by atoms with Crippen molar-refractivity contribution >= 4 is 34.7 Å². The van der Waals surface area contributed by atoms with E-state index in [1.807, 2.05) is 43.5 Å². The maximum atomic E-state index is 12.3. The van der Waals surface area contributed by atoms with Gasteiger partial charge in [0, 0.05) is 36.1 Å². The summed E-state index contributed by atoms with van der Waals surface area (Å²) in [5, 5.41) is 6.43. The molecule has 1 aliphatic rings. The predicted octanol–water partition coefficient (Wildman–Crippen LogP) is 3.87. The summed E-state index contributed by atoms with van der Waals surface area (Å²) in [7, 11) is 0. The first-order chi connectivity index (χ1) is 16.5. The maximum Gasteiger partial charge on any atom is 0.409 e. The average molecular weight is 488 g/mol.